The number of benzene rings is 1. The van der Waals surface area contributed by atoms with Gasteiger partial charge in [0.25, 0.3) is 5.69 Å². The number of nitrogens with zero attached hydrogens (tertiary/aromatic N) is 2. The van der Waals surface area contributed by atoms with Crippen LogP contribution < -0.4 is 10.1 Å². The summed E-state index contributed by atoms with van der Waals surface area (Å²) >= 11 is 0. The van der Waals surface area contributed by atoms with Gasteiger partial charge < -0.3 is 10.1 Å². The molecule has 0 radical (unpaired) electrons. The fourth-order valence-electron chi connectivity index (χ4n) is 2.59. The molecular formula is C14H17N3O3. The Labute approximate surface area is 117 Å². The molecule has 20 heavy (non-hydrogen) atoms. The Hall–Kier alpha value is -2.13. The van der Waals surface area contributed by atoms with Gasteiger partial charge in [-0.2, -0.15) is 5.26 Å². The first-order valence-electron chi connectivity index (χ1n) is 6.52. The van der Waals surface area contributed by atoms with Crippen LogP contribution in [0.2, 0.25) is 0 Å². The van der Waals surface area contributed by atoms with E-state index in [1.165, 1.54) is 6.07 Å². The topological polar surface area (TPSA) is 88.2 Å². The third kappa shape index (κ3) is 2.58. The van der Waals surface area contributed by atoms with Gasteiger partial charge in [-0.25, -0.2) is 0 Å². The molecule has 106 valence electrons. The van der Waals surface area contributed by atoms with E-state index in [2.05, 4.69) is 11.4 Å². The standard InChI is InChI=1S/C14H17N3O3/c1-10-12(17(18)19)4-3-5-13(10)20-11-6-7-14(8-11,9-15)16-2/h3-5,11,16H,6-8H2,1-2H3. The second kappa shape index (κ2) is 5.47. The van der Waals surface area contributed by atoms with Gasteiger partial charge in [0.05, 0.1) is 16.6 Å². The van der Waals surface area contributed by atoms with E-state index >= 15 is 0 Å². The fourth-order valence-corrected chi connectivity index (χ4v) is 2.59. The van der Waals surface area contributed by atoms with Gasteiger partial charge in [-0.3, -0.25) is 10.1 Å². The molecule has 0 aliphatic heterocycles. The Morgan fingerprint density at radius 2 is 2.35 bits per heavy atom. The molecule has 0 saturated heterocycles. The zero-order valence-corrected chi connectivity index (χ0v) is 11.5. The van der Waals surface area contributed by atoms with Crippen LogP contribution in [0.1, 0.15) is 24.8 Å². The summed E-state index contributed by atoms with van der Waals surface area (Å²) in [6.45, 7) is 1.68. The number of ether oxygens (including phenoxy) is 1. The number of rotatable bonds is 4. The van der Waals surface area contributed by atoms with Crippen molar-refractivity contribution in [1.82, 2.24) is 5.32 Å². The maximum Gasteiger partial charge on any atom is 0.276 e. The Kier molecular flexibility index (Phi) is 3.91. The molecule has 0 heterocycles. The summed E-state index contributed by atoms with van der Waals surface area (Å²) < 4.78 is 5.86. The number of nitriles is 1. The first kappa shape index (κ1) is 14.3. The van der Waals surface area contributed by atoms with Crippen LogP contribution in [0.5, 0.6) is 5.75 Å². The third-order valence-electron chi connectivity index (χ3n) is 3.91. The Morgan fingerprint density at radius 1 is 1.60 bits per heavy atom. The number of nitro benzene ring substituents is 1. The van der Waals surface area contributed by atoms with Gasteiger partial charge in [0.2, 0.25) is 0 Å². The summed E-state index contributed by atoms with van der Waals surface area (Å²) in [7, 11) is 1.77. The molecule has 1 fully saturated rings. The van der Waals surface area contributed by atoms with Crippen molar-refractivity contribution in [3.8, 4) is 11.8 Å². The Balaban J connectivity index is 2.15. The molecular weight excluding hydrogens is 258 g/mol. The first-order chi connectivity index (χ1) is 9.51. The predicted octanol–water partition coefficient (Wildman–Crippen LogP) is 2.32. The van der Waals surface area contributed by atoms with Crippen LogP contribution in [0, 0.1) is 28.4 Å². The van der Waals surface area contributed by atoms with Gasteiger partial charge in [-0.1, -0.05) is 6.07 Å². The van der Waals surface area contributed by atoms with Crippen molar-refractivity contribution in [1.29, 1.82) is 5.26 Å². The Morgan fingerprint density at radius 3 is 2.90 bits per heavy atom. The lowest BCUT2D eigenvalue weighted by molar-refractivity contribution is -0.385. The highest BCUT2D eigenvalue weighted by atomic mass is 16.6. The molecule has 0 amide bonds. The van der Waals surface area contributed by atoms with E-state index < -0.39 is 10.5 Å². The highest BCUT2D eigenvalue weighted by molar-refractivity contribution is 5.48. The molecule has 1 aliphatic rings. The minimum Gasteiger partial charge on any atom is -0.490 e. The van der Waals surface area contributed by atoms with Gasteiger partial charge in [-0.05, 0) is 32.9 Å². The van der Waals surface area contributed by atoms with Crippen LogP contribution in [-0.4, -0.2) is 23.6 Å². The molecule has 2 rings (SSSR count). The Bertz CT molecular complexity index is 567. The van der Waals surface area contributed by atoms with Gasteiger partial charge in [0, 0.05) is 12.5 Å². The molecule has 0 aromatic heterocycles. The second-order valence-corrected chi connectivity index (χ2v) is 5.08. The maximum atomic E-state index is 10.9. The average Bonchev–Trinajstić information content (AvgIpc) is 2.85. The van der Waals surface area contributed by atoms with Gasteiger partial charge in [0.15, 0.2) is 0 Å². The lowest BCUT2D eigenvalue weighted by Crippen LogP contribution is -2.39. The summed E-state index contributed by atoms with van der Waals surface area (Å²) in [5, 5.41) is 23.2. The molecule has 0 spiro atoms. The zero-order chi connectivity index (χ0) is 14.8. The number of nitro groups is 1. The summed E-state index contributed by atoms with van der Waals surface area (Å²) in [6.07, 6.45) is 1.97. The van der Waals surface area contributed by atoms with Gasteiger partial charge >= 0.3 is 0 Å². The van der Waals surface area contributed by atoms with Crippen LogP contribution in [0.25, 0.3) is 0 Å². The van der Waals surface area contributed by atoms with Crippen LogP contribution in [0.4, 0.5) is 5.69 Å². The van der Waals surface area contributed by atoms with Crippen LogP contribution >= 0.6 is 0 Å². The smallest absolute Gasteiger partial charge is 0.276 e. The van der Waals surface area contributed by atoms with Crippen LogP contribution in [0.3, 0.4) is 0 Å². The quantitative estimate of drug-likeness (QED) is 0.673. The maximum absolute atomic E-state index is 10.9. The number of hydrogen-bond donors (Lipinski definition) is 1. The summed E-state index contributed by atoms with van der Waals surface area (Å²) in [5.41, 5.74) is 0.0382. The third-order valence-corrected chi connectivity index (χ3v) is 3.91. The molecule has 1 aliphatic carbocycles. The van der Waals surface area contributed by atoms with Crippen molar-refractivity contribution in [2.24, 2.45) is 0 Å². The van der Waals surface area contributed by atoms with E-state index in [0.717, 1.165) is 12.8 Å². The van der Waals surface area contributed by atoms with E-state index in [1.54, 1.807) is 26.1 Å². The normalized spacial score (nSPS) is 25.1. The molecule has 6 heteroatoms. The van der Waals surface area contributed by atoms with E-state index in [4.69, 9.17) is 4.74 Å². The van der Waals surface area contributed by atoms with E-state index in [1.807, 2.05) is 0 Å². The van der Waals surface area contributed by atoms with E-state index in [9.17, 15) is 15.4 Å². The van der Waals surface area contributed by atoms with Crippen LogP contribution in [0.15, 0.2) is 18.2 Å². The monoisotopic (exact) mass is 275 g/mol. The molecule has 2 atom stereocenters. The predicted molar refractivity (Wildman–Crippen MR) is 73.5 cm³/mol. The summed E-state index contributed by atoms with van der Waals surface area (Å²) in [5.74, 6) is 0.522. The lowest BCUT2D eigenvalue weighted by atomic mass is 10.0. The molecule has 1 aromatic carbocycles. The molecule has 1 aromatic rings. The minimum atomic E-state index is -0.542. The SMILES string of the molecule is CNC1(C#N)CCC(Oc2cccc([N+](=O)[O-])c2C)C1. The van der Waals surface area contributed by atoms with E-state index in [-0.39, 0.29) is 11.8 Å². The van der Waals surface area contributed by atoms with Crippen molar-refractivity contribution in [2.75, 3.05) is 7.05 Å². The van der Waals surface area contributed by atoms with E-state index in [0.29, 0.717) is 17.7 Å². The molecule has 1 saturated carbocycles. The highest BCUT2D eigenvalue weighted by Gasteiger charge is 2.39. The molecule has 2 unspecified atom stereocenters. The summed E-state index contributed by atoms with van der Waals surface area (Å²) in [4.78, 5) is 10.5. The van der Waals surface area contributed by atoms with Gasteiger partial charge in [-0.15, -0.1) is 0 Å². The molecule has 6 nitrogen and oxygen atoms in total. The largest absolute Gasteiger partial charge is 0.490 e. The summed E-state index contributed by atoms with van der Waals surface area (Å²) in [6, 6.07) is 7.10. The molecule has 0 bridgehead atoms. The average molecular weight is 275 g/mol. The van der Waals surface area contributed by atoms with Crippen molar-refractivity contribution in [3.63, 3.8) is 0 Å². The highest BCUT2D eigenvalue weighted by Crippen LogP contribution is 2.34. The van der Waals surface area contributed by atoms with Crippen LogP contribution in [-0.2, 0) is 0 Å². The van der Waals surface area contributed by atoms with Crippen molar-refractivity contribution in [3.05, 3.63) is 33.9 Å². The van der Waals surface area contributed by atoms with Crippen molar-refractivity contribution in [2.45, 2.75) is 37.8 Å². The fraction of sp³-hybridized carbons (Fsp3) is 0.500. The second-order valence-electron chi connectivity index (χ2n) is 5.08. The lowest BCUT2D eigenvalue weighted by Gasteiger charge is -2.20. The minimum absolute atomic E-state index is 0.0562. The zero-order valence-electron chi connectivity index (χ0n) is 11.5. The molecule has 1 N–H and O–H groups in total. The number of hydrogen-bond acceptors (Lipinski definition) is 5. The van der Waals surface area contributed by atoms with Crippen molar-refractivity contribution < 1.29 is 9.66 Å². The van der Waals surface area contributed by atoms with Crippen molar-refractivity contribution >= 4 is 5.69 Å². The number of nitrogens with one attached hydrogen (secondary N) is 1. The first-order valence-corrected chi connectivity index (χ1v) is 6.52. The van der Waals surface area contributed by atoms with Gasteiger partial charge in [0.1, 0.15) is 17.4 Å².